The zero-order valence-electron chi connectivity index (χ0n) is 13.2. The van der Waals surface area contributed by atoms with E-state index in [9.17, 15) is 4.79 Å². The van der Waals surface area contributed by atoms with E-state index in [-0.39, 0.29) is 5.91 Å². The summed E-state index contributed by atoms with van der Waals surface area (Å²) in [7, 11) is 3.52. The normalized spacial score (nSPS) is 16.5. The maximum atomic E-state index is 12.6. The Hall–Kier alpha value is -1.71. The number of hydrogen-bond donors (Lipinski definition) is 0. The fourth-order valence-electron chi connectivity index (χ4n) is 2.85. The lowest BCUT2D eigenvalue weighted by Crippen LogP contribution is -2.43. The van der Waals surface area contributed by atoms with Gasteiger partial charge < -0.3 is 14.4 Å². The van der Waals surface area contributed by atoms with Gasteiger partial charge in [-0.2, -0.15) is 0 Å². The highest BCUT2D eigenvalue weighted by Crippen LogP contribution is 2.25. The second kappa shape index (κ2) is 7.34. The van der Waals surface area contributed by atoms with Crippen LogP contribution in [-0.4, -0.2) is 37.1 Å². The molecule has 0 bridgehead atoms. The molecule has 0 aromatic heterocycles. The lowest BCUT2D eigenvalue weighted by atomic mass is 10.1. The fourth-order valence-corrected chi connectivity index (χ4v) is 2.85. The van der Waals surface area contributed by atoms with Crippen LogP contribution in [0.25, 0.3) is 0 Å². The van der Waals surface area contributed by atoms with Crippen molar-refractivity contribution in [1.29, 1.82) is 0 Å². The molecule has 4 heteroatoms. The number of benzene rings is 1. The summed E-state index contributed by atoms with van der Waals surface area (Å²) in [5, 5.41) is 0. The predicted octanol–water partition coefficient (Wildman–Crippen LogP) is 3.25. The summed E-state index contributed by atoms with van der Waals surface area (Å²) >= 11 is 0. The Labute approximate surface area is 127 Å². The number of carbonyl (C=O) groups excluding carboxylic acids is 1. The Morgan fingerprint density at radius 1 is 1.33 bits per heavy atom. The van der Waals surface area contributed by atoms with E-state index in [1.807, 2.05) is 43.1 Å². The van der Waals surface area contributed by atoms with Gasteiger partial charge in [0.2, 0.25) is 0 Å². The van der Waals surface area contributed by atoms with Gasteiger partial charge in [-0.25, -0.2) is 0 Å². The third kappa shape index (κ3) is 3.90. The molecule has 0 heterocycles. The van der Waals surface area contributed by atoms with Gasteiger partial charge in [-0.15, -0.1) is 0 Å². The van der Waals surface area contributed by atoms with Crippen LogP contribution in [0, 0.1) is 0 Å². The van der Waals surface area contributed by atoms with E-state index in [1.165, 1.54) is 12.8 Å². The molecule has 4 nitrogen and oxygen atoms in total. The van der Waals surface area contributed by atoms with Crippen molar-refractivity contribution in [1.82, 2.24) is 4.90 Å². The minimum atomic E-state index is -0.428. The number of carbonyl (C=O) groups is 1. The van der Waals surface area contributed by atoms with Gasteiger partial charge in [0.25, 0.3) is 5.91 Å². The number of hydrogen-bond acceptors (Lipinski definition) is 3. The van der Waals surface area contributed by atoms with E-state index in [0.29, 0.717) is 18.2 Å². The first-order valence-corrected chi connectivity index (χ1v) is 7.73. The van der Waals surface area contributed by atoms with Crippen molar-refractivity contribution in [3.63, 3.8) is 0 Å². The first-order chi connectivity index (χ1) is 10.2. The van der Waals surface area contributed by atoms with Crippen LogP contribution in [-0.2, 0) is 4.79 Å². The minimum Gasteiger partial charge on any atom is -0.497 e. The van der Waals surface area contributed by atoms with Gasteiger partial charge in [0.15, 0.2) is 6.10 Å². The summed E-state index contributed by atoms with van der Waals surface area (Å²) in [5.74, 6) is 1.49. The molecular weight excluding hydrogens is 266 g/mol. The van der Waals surface area contributed by atoms with Crippen molar-refractivity contribution in [3.8, 4) is 11.5 Å². The highest BCUT2D eigenvalue weighted by Gasteiger charge is 2.29. The lowest BCUT2D eigenvalue weighted by Gasteiger charge is -2.28. The summed E-state index contributed by atoms with van der Waals surface area (Å²) < 4.78 is 11.1. The van der Waals surface area contributed by atoms with Crippen molar-refractivity contribution in [3.05, 3.63) is 24.3 Å². The molecule has 0 saturated heterocycles. The highest BCUT2D eigenvalue weighted by molar-refractivity contribution is 5.81. The molecule has 0 radical (unpaired) electrons. The SMILES string of the molecule is CCC(Oc1cccc(OC)c1)C(=O)N(C)C1CCCC1. The molecule has 1 aliphatic carbocycles. The summed E-state index contributed by atoms with van der Waals surface area (Å²) in [6.07, 6.45) is 4.89. The average molecular weight is 291 g/mol. The molecule has 116 valence electrons. The summed E-state index contributed by atoms with van der Waals surface area (Å²) in [4.78, 5) is 14.5. The number of likely N-dealkylation sites (N-methyl/N-ethyl adjacent to an activating group) is 1. The van der Waals surface area contributed by atoms with Crippen LogP contribution < -0.4 is 9.47 Å². The minimum absolute atomic E-state index is 0.0761. The van der Waals surface area contributed by atoms with Gasteiger partial charge in [-0.3, -0.25) is 4.79 Å². The first kappa shape index (κ1) is 15.7. The zero-order valence-corrected chi connectivity index (χ0v) is 13.2. The molecule has 1 unspecified atom stereocenters. The molecule has 1 aromatic carbocycles. The number of methoxy groups -OCH3 is 1. The summed E-state index contributed by atoms with van der Waals surface area (Å²) in [6, 6.07) is 7.77. The second-order valence-corrected chi connectivity index (χ2v) is 5.58. The van der Waals surface area contributed by atoms with Crippen molar-refractivity contribution >= 4 is 5.91 Å². The van der Waals surface area contributed by atoms with Crippen LogP contribution in [0.4, 0.5) is 0 Å². The molecule has 1 aromatic rings. The van der Waals surface area contributed by atoms with Gasteiger partial charge in [-0.1, -0.05) is 25.8 Å². The third-order valence-electron chi connectivity index (χ3n) is 4.19. The second-order valence-electron chi connectivity index (χ2n) is 5.58. The van der Waals surface area contributed by atoms with Crippen molar-refractivity contribution in [2.24, 2.45) is 0 Å². The van der Waals surface area contributed by atoms with E-state index < -0.39 is 6.10 Å². The maximum absolute atomic E-state index is 12.6. The predicted molar refractivity (Wildman–Crippen MR) is 82.7 cm³/mol. The van der Waals surface area contributed by atoms with Gasteiger partial charge in [0, 0.05) is 19.2 Å². The fraction of sp³-hybridized carbons (Fsp3) is 0.588. The molecule has 1 saturated carbocycles. The van der Waals surface area contributed by atoms with Gasteiger partial charge in [0.1, 0.15) is 11.5 Å². The van der Waals surface area contributed by atoms with E-state index in [1.54, 1.807) is 7.11 Å². The molecule has 0 N–H and O–H groups in total. The third-order valence-corrected chi connectivity index (χ3v) is 4.19. The summed E-state index contributed by atoms with van der Waals surface area (Å²) in [5.41, 5.74) is 0. The van der Waals surface area contributed by atoms with Crippen molar-refractivity contribution in [2.45, 2.75) is 51.2 Å². The Balaban J connectivity index is 2.02. The number of amides is 1. The molecule has 1 atom stereocenters. The molecular formula is C17H25NO3. The lowest BCUT2D eigenvalue weighted by molar-refractivity contribution is -0.139. The zero-order chi connectivity index (χ0) is 15.2. The van der Waals surface area contributed by atoms with E-state index in [2.05, 4.69) is 0 Å². The van der Waals surface area contributed by atoms with Crippen LogP contribution in [0.3, 0.4) is 0 Å². The number of ether oxygens (including phenoxy) is 2. The van der Waals surface area contributed by atoms with Crippen LogP contribution in [0.2, 0.25) is 0 Å². The Morgan fingerprint density at radius 3 is 2.62 bits per heavy atom. The van der Waals surface area contributed by atoms with Gasteiger partial charge >= 0.3 is 0 Å². The molecule has 21 heavy (non-hydrogen) atoms. The van der Waals surface area contributed by atoms with Crippen LogP contribution in [0.15, 0.2) is 24.3 Å². The van der Waals surface area contributed by atoms with E-state index >= 15 is 0 Å². The Bertz CT molecular complexity index is 469. The topological polar surface area (TPSA) is 38.8 Å². The van der Waals surface area contributed by atoms with Crippen LogP contribution in [0.5, 0.6) is 11.5 Å². The van der Waals surface area contributed by atoms with Gasteiger partial charge in [-0.05, 0) is 31.4 Å². The summed E-state index contributed by atoms with van der Waals surface area (Å²) in [6.45, 7) is 1.98. The Morgan fingerprint density at radius 2 is 2.00 bits per heavy atom. The average Bonchev–Trinajstić information content (AvgIpc) is 3.05. The largest absolute Gasteiger partial charge is 0.497 e. The van der Waals surface area contributed by atoms with Gasteiger partial charge in [0.05, 0.1) is 7.11 Å². The smallest absolute Gasteiger partial charge is 0.263 e. The molecule has 2 rings (SSSR count). The monoisotopic (exact) mass is 291 g/mol. The standard InChI is InChI=1S/C17H25NO3/c1-4-16(17(19)18(2)13-8-5-6-9-13)21-15-11-7-10-14(12-15)20-3/h7,10-13,16H,4-6,8-9H2,1-3H3. The highest BCUT2D eigenvalue weighted by atomic mass is 16.5. The number of rotatable bonds is 6. The van der Waals surface area contributed by atoms with Crippen LogP contribution >= 0.6 is 0 Å². The van der Waals surface area contributed by atoms with E-state index in [4.69, 9.17) is 9.47 Å². The molecule has 1 amide bonds. The molecule has 0 spiro atoms. The molecule has 0 aliphatic heterocycles. The van der Waals surface area contributed by atoms with E-state index in [0.717, 1.165) is 18.6 Å². The quantitative estimate of drug-likeness (QED) is 0.807. The number of nitrogens with zero attached hydrogens (tertiary/aromatic N) is 1. The van der Waals surface area contributed by atoms with Crippen molar-refractivity contribution in [2.75, 3.05) is 14.2 Å². The molecule has 1 fully saturated rings. The van der Waals surface area contributed by atoms with Crippen molar-refractivity contribution < 1.29 is 14.3 Å². The first-order valence-electron chi connectivity index (χ1n) is 7.73. The maximum Gasteiger partial charge on any atom is 0.263 e. The Kier molecular flexibility index (Phi) is 5.48. The molecule has 1 aliphatic rings. The van der Waals surface area contributed by atoms with Crippen LogP contribution in [0.1, 0.15) is 39.0 Å².